The Hall–Kier alpha value is -2.63. The number of aromatic nitrogens is 3. The predicted molar refractivity (Wildman–Crippen MR) is 63.9 cm³/mol. The third-order valence-corrected chi connectivity index (χ3v) is 2.56. The summed E-state index contributed by atoms with van der Waals surface area (Å²) in [7, 11) is 0. The van der Waals surface area contributed by atoms with Gasteiger partial charge in [0.05, 0.1) is 23.7 Å². The molecule has 2 heterocycles. The van der Waals surface area contributed by atoms with Gasteiger partial charge in [0.15, 0.2) is 5.76 Å². The molecule has 0 saturated heterocycles. The Bertz CT molecular complexity index is 671. The first-order chi connectivity index (χ1) is 8.74. The summed E-state index contributed by atoms with van der Waals surface area (Å²) < 4.78 is 18.1. The predicted octanol–water partition coefficient (Wildman–Crippen LogP) is 2.45. The SMILES string of the molecule is Nc1ncc(-c2cn[nH]c2-c2ccc(F)cc2)o1. The second kappa shape index (κ2) is 3.99. The second-order valence-corrected chi connectivity index (χ2v) is 3.73. The van der Waals surface area contributed by atoms with Crippen LogP contribution in [0.15, 0.2) is 41.1 Å². The molecule has 6 heteroatoms. The molecule has 0 aliphatic rings. The van der Waals surface area contributed by atoms with E-state index >= 15 is 0 Å². The molecular formula is C12H9FN4O. The van der Waals surface area contributed by atoms with Crippen molar-refractivity contribution in [3.63, 3.8) is 0 Å². The van der Waals surface area contributed by atoms with Crippen LogP contribution in [0.4, 0.5) is 10.4 Å². The van der Waals surface area contributed by atoms with Crippen molar-refractivity contribution in [2.45, 2.75) is 0 Å². The molecule has 2 aromatic heterocycles. The van der Waals surface area contributed by atoms with E-state index < -0.39 is 0 Å². The van der Waals surface area contributed by atoms with Crippen molar-refractivity contribution >= 4 is 6.01 Å². The van der Waals surface area contributed by atoms with Crippen molar-refractivity contribution in [3.05, 3.63) is 42.5 Å². The van der Waals surface area contributed by atoms with Crippen molar-refractivity contribution in [2.24, 2.45) is 0 Å². The number of aromatic amines is 1. The number of rotatable bonds is 2. The highest BCUT2D eigenvalue weighted by Gasteiger charge is 2.13. The molecule has 0 amide bonds. The van der Waals surface area contributed by atoms with Gasteiger partial charge in [0.25, 0.3) is 6.01 Å². The average Bonchev–Trinajstić information content (AvgIpc) is 2.98. The molecule has 0 aliphatic heterocycles. The quantitative estimate of drug-likeness (QED) is 0.725. The Labute approximate surface area is 101 Å². The molecule has 5 nitrogen and oxygen atoms in total. The van der Waals surface area contributed by atoms with Crippen LogP contribution in [0.1, 0.15) is 0 Å². The van der Waals surface area contributed by atoms with E-state index in [4.69, 9.17) is 10.2 Å². The molecule has 0 saturated carbocycles. The first kappa shape index (κ1) is 10.5. The molecule has 0 fully saturated rings. The summed E-state index contributed by atoms with van der Waals surface area (Å²) in [5, 5.41) is 6.81. The number of nitrogen functional groups attached to an aromatic ring is 1. The molecule has 0 unspecified atom stereocenters. The molecule has 0 spiro atoms. The first-order valence-corrected chi connectivity index (χ1v) is 5.25. The van der Waals surface area contributed by atoms with Crippen molar-refractivity contribution in [1.29, 1.82) is 0 Å². The maximum Gasteiger partial charge on any atom is 0.292 e. The number of anilines is 1. The fourth-order valence-corrected chi connectivity index (χ4v) is 1.72. The van der Waals surface area contributed by atoms with E-state index in [2.05, 4.69) is 15.2 Å². The van der Waals surface area contributed by atoms with E-state index in [1.807, 2.05) is 0 Å². The molecule has 3 aromatic rings. The number of nitrogens with two attached hydrogens (primary N) is 1. The number of hydrogen-bond donors (Lipinski definition) is 2. The van der Waals surface area contributed by atoms with Crippen LogP contribution in [0.2, 0.25) is 0 Å². The highest BCUT2D eigenvalue weighted by atomic mass is 19.1. The van der Waals surface area contributed by atoms with Gasteiger partial charge < -0.3 is 10.2 Å². The van der Waals surface area contributed by atoms with E-state index in [1.54, 1.807) is 18.3 Å². The molecule has 0 radical (unpaired) electrons. The molecule has 3 N–H and O–H groups in total. The summed E-state index contributed by atoms with van der Waals surface area (Å²) in [6, 6.07) is 6.18. The van der Waals surface area contributed by atoms with Crippen molar-refractivity contribution < 1.29 is 8.81 Å². The largest absolute Gasteiger partial charge is 0.424 e. The van der Waals surface area contributed by atoms with Crippen LogP contribution < -0.4 is 5.73 Å². The van der Waals surface area contributed by atoms with Crippen LogP contribution >= 0.6 is 0 Å². The van der Waals surface area contributed by atoms with Gasteiger partial charge in [-0.3, -0.25) is 5.10 Å². The number of nitrogens with zero attached hydrogens (tertiary/aromatic N) is 2. The number of benzene rings is 1. The lowest BCUT2D eigenvalue weighted by molar-refractivity contribution is 0.595. The fourth-order valence-electron chi connectivity index (χ4n) is 1.72. The molecule has 0 aliphatic carbocycles. The average molecular weight is 244 g/mol. The van der Waals surface area contributed by atoms with Gasteiger partial charge in [-0.15, -0.1) is 0 Å². The van der Waals surface area contributed by atoms with E-state index in [-0.39, 0.29) is 11.8 Å². The maximum atomic E-state index is 12.9. The van der Waals surface area contributed by atoms with Crippen molar-refractivity contribution in [2.75, 3.05) is 5.73 Å². The monoisotopic (exact) mass is 244 g/mol. The lowest BCUT2D eigenvalue weighted by Gasteiger charge is -2.00. The van der Waals surface area contributed by atoms with Gasteiger partial charge in [0, 0.05) is 5.56 Å². The smallest absolute Gasteiger partial charge is 0.292 e. The minimum Gasteiger partial charge on any atom is -0.424 e. The summed E-state index contributed by atoms with van der Waals surface area (Å²) in [4.78, 5) is 3.83. The number of hydrogen-bond acceptors (Lipinski definition) is 4. The van der Waals surface area contributed by atoms with Crippen molar-refractivity contribution in [1.82, 2.24) is 15.2 Å². The lowest BCUT2D eigenvalue weighted by atomic mass is 10.1. The van der Waals surface area contributed by atoms with Crippen LogP contribution in [0, 0.1) is 5.82 Å². The van der Waals surface area contributed by atoms with E-state index in [0.717, 1.165) is 16.8 Å². The van der Waals surface area contributed by atoms with Crippen LogP contribution in [0.3, 0.4) is 0 Å². The molecular weight excluding hydrogens is 235 g/mol. The molecule has 90 valence electrons. The summed E-state index contributed by atoms with van der Waals surface area (Å²) >= 11 is 0. The lowest BCUT2D eigenvalue weighted by Crippen LogP contribution is -1.82. The second-order valence-electron chi connectivity index (χ2n) is 3.73. The highest BCUT2D eigenvalue weighted by Crippen LogP contribution is 2.30. The third kappa shape index (κ3) is 1.73. The molecule has 0 bridgehead atoms. The third-order valence-electron chi connectivity index (χ3n) is 2.56. The minimum atomic E-state index is -0.288. The van der Waals surface area contributed by atoms with Gasteiger partial charge in [-0.2, -0.15) is 5.10 Å². The number of halogens is 1. The Balaban J connectivity index is 2.09. The zero-order valence-electron chi connectivity index (χ0n) is 9.22. The minimum absolute atomic E-state index is 0.0938. The van der Waals surface area contributed by atoms with Crippen LogP contribution in [0.5, 0.6) is 0 Å². The van der Waals surface area contributed by atoms with Gasteiger partial charge in [-0.25, -0.2) is 9.37 Å². The van der Waals surface area contributed by atoms with Gasteiger partial charge in [-0.05, 0) is 24.3 Å². The molecule has 0 atom stereocenters. The van der Waals surface area contributed by atoms with E-state index in [9.17, 15) is 4.39 Å². The molecule has 3 rings (SSSR count). The van der Waals surface area contributed by atoms with Crippen LogP contribution in [-0.2, 0) is 0 Å². The maximum absolute atomic E-state index is 12.9. The van der Waals surface area contributed by atoms with E-state index in [1.165, 1.54) is 18.3 Å². The Morgan fingerprint density at radius 3 is 2.61 bits per heavy atom. The van der Waals surface area contributed by atoms with Gasteiger partial charge >= 0.3 is 0 Å². The van der Waals surface area contributed by atoms with Crippen molar-refractivity contribution in [3.8, 4) is 22.6 Å². The van der Waals surface area contributed by atoms with E-state index in [0.29, 0.717) is 5.76 Å². The summed E-state index contributed by atoms with van der Waals surface area (Å²) in [6.45, 7) is 0. The van der Waals surface area contributed by atoms with Gasteiger partial charge in [-0.1, -0.05) is 0 Å². The topological polar surface area (TPSA) is 80.7 Å². The highest BCUT2D eigenvalue weighted by molar-refractivity contribution is 5.77. The molecule has 1 aromatic carbocycles. The number of oxazole rings is 1. The van der Waals surface area contributed by atoms with Crippen LogP contribution in [-0.4, -0.2) is 15.2 Å². The summed E-state index contributed by atoms with van der Waals surface area (Å²) in [5.41, 5.74) is 7.70. The summed E-state index contributed by atoms with van der Waals surface area (Å²) in [6.07, 6.45) is 3.13. The standard InChI is InChI=1S/C12H9FN4O/c13-8-3-1-7(2-4-8)11-9(5-16-17-11)10-6-15-12(14)18-10/h1-6H,(H2,14,15)(H,16,17). The zero-order valence-corrected chi connectivity index (χ0v) is 9.22. The summed E-state index contributed by atoms with van der Waals surface area (Å²) in [5.74, 6) is 0.226. The normalized spacial score (nSPS) is 10.7. The fraction of sp³-hybridized carbons (Fsp3) is 0. The number of H-pyrrole nitrogens is 1. The van der Waals surface area contributed by atoms with Gasteiger partial charge in [0.2, 0.25) is 0 Å². The first-order valence-electron chi connectivity index (χ1n) is 5.25. The van der Waals surface area contributed by atoms with Gasteiger partial charge in [0.1, 0.15) is 5.82 Å². The zero-order chi connectivity index (χ0) is 12.5. The van der Waals surface area contributed by atoms with Crippen LogP contribution in [0.25, 0.3) is 22.6 Å². The molecule has 18 heavy (non-hydrogen) atoms. The Morgan fingerprint density at radius 2 is 1.94 bits per heavy atom. The Morgan fingerprint density at radius 1 is 1.17 bits per heavy atom. The Kier molecular flexibility index (Phi) is 2.33. The number of nitrogens with one attached hydrogen (secondary N) is 1.